The lowest BCUT2D eigenvalue weighted by Crippen LogP contribution is -1.70. The second kappa shape index (κ2) is 4.86. The molecule has 0 aromatic carbocycles. The summed E-state index contributed by atoms with van der Waals surface area (Å²) in [5, 5.41) is 9.03. The Labute approximate surface area is 62.4 Å². The van der Waals surface area contributed by atoms with Gasteiger partial charge in [-0.1, -0.05) is 17.7 Å². The molecule has 0 aromatic rings. The molecule has 0 aliphatic heterocycles. The molecule has 0 bridgehead atoms. The Morgan fingerprint density at radius 2 is 1.80 bits per heavy atom. The maximum absolute atomic E-state index is 9.03. The summed E-state index contributed by atoms with van der Waals surface area (Å²) >= 11 is 0. The van der Waals surface area contributed by atoms with Crippen molar-refractivity contribution in [3.05, 3.63) is 35.6 Å². The molecule has 0 saturated heterocycles. The lowest BCUT2D eigenvalue weighted by molar-refractivity contribution is 0.432. The van der Waals surface area contributed by atoms with Crippen LogP contribution in [0.2, 0.25) is 0 Å². The Morgan fingerprint density at radius 3 is 2.20 bits per heavy atom. The number of aliphatic hydroxyl groups excluding tert-OH is 1. The highest BCUT2D eigenvalue weighted by atomic mass is 16.3. The smallest absolute Gasteiger partial charge is 0.115 e. The molecule has 0 atom stereocenters. The Bertz CT molecular complexity index is 169. The SMILES string of the molecule is C/C=C\C(O)=C/C=C(C)C. The van der Waals surface area contributed by atoms with Gasteiger partial charge in [-0.3, -0.25) is 0 Å². The first-order chi connectivity index (χ1) is 4.66. The van der Waals surface area contributed by atoms with E-state index < -0.39 is 0 Å². The minimum Gasteiger partial charge on any atom is -0.508 e. The quantitative estimate of drug-likeness (QED) is 0.459. The molecule has 0 amide bonds. The van der Waals surface area contributed by atoms with Crippen molar-refractivity contribution in [2.45, 2.75) is 20.8 Å². The summed E-state index contributed by atoms with van der Waals surface area (Å²) in [6, 6.07) is 0. The summed E-state index contributed by atoms with van der Waals surface area (Å²) < 4.78 is 0. The Kier molecular flexibility index (Phi) is 4.38. The molecule has 0 rings (SSSR count). The van der Waals surface area contributed by atoms with Gasteiger partial charge in [-0.2, -0.15) is 0 Å². The van der Waals surface area contributed by atoms with Crippen LogP contribution in [0.1, 0.15) is 20.8 Å². The lowest BCUT2D eigenvalue weighted by Gasteiger charge is -1.86. The van der Waals surface area contributed by atoms with Gasteiger partial charge in [-0.25, -0.2) is 0 Å². The zero-order valence-electron chi connectivity index (χ0n) is 6.76. The Hall–Kier alpha value is -0.980. The highest BCUT2D eigenvalue weighted by Gasteiger charge is 1.78. The Balaban J connectivity index is 4.05. The summed E-state index contributed by atoms with van der Waals surface area (Å²) in [6.45, 7) is 5.84. The summed E-state index contributed by atoms with van der Waals surface area (Å²) in [5.74, 6) is 0.295. The van der Waals surface area contributed by atoms with E-state index in [1.165, 1.54) is 5.57 Å². The molecule has 56 valence electrons. The van der Waals surface area contributed by atoms with Gasteiger partial charge in [-0.15, -0.1) is 0 Å². The third kappa shape index (κ3) is 5.16. The summed E-state index contributed by atoms with van der Waals surface area (Å²) in [4.78, 5) is 0. The first-order valence-corrected chi connectivity index (χ1v) is 3.33. The van der Waals surface area contributed by atoms with E-state index in [1.54, 1.807) is 18.2 Å². The molecule has 0 fully saturated rings. The van der Waals surface area contributed by atoms with E-state index in [0.717, 1.165) is 0 Å². The van der Waals surface area contributed by atoms with E-state index in [9.17, 15) is 0 Å². The molecule has 0 unspecified atom stereocenters. The van der Waals surface area contributed by atoms with Crippen LogP contribution in [0.3, 0.4) is 0 Å². The van der Waals surface area contributed by atoms with Crippen molar-refractivity contribution >= 4 is 0 Å². The van der Waals surface area contributed by atoms with Crippen LogP contribution in [-0.4, -0.2) is 5.11 Å². The molecule has 10 heavy (non-hydrogen) atoms. The van der Waals surface area contributed by atoms with Crippen LogP contribution in [0.5, 0.6) is 0 Å². The molecule has 1 N–H and O–H groups in total. The van der Waals surface area contributed by atoms with Gasteiger partial charge in [-0.05, 0) is 32.9 Å². The van der Waals surface area contributed by atoms with Gasteiger partial charge in [0.1, 0.15) is 5.76 Å². The van der Waals surface area contributed by atoms with E-state index in [2.05, 4.69) is 0 Å². The average molecular weight is 138 g/mol. The number of rotatable bonds is 2. The summed E-state index contributed by atoms with van der Waals surface area (Å²) in [6.07, 6.45) is 6.99. The van der Waals surface area contributed by atoms with Crippen LogP contribution < -0.4 is 0 Å². The van der Waals surface area contributed by atoms with Crippen LogP contribution >= 0.6 is 0 Å². The fourth-order valence-corrected chi connectivity index (χ4v) is 0.478. The van der Waals surface area contributed by atoms with E-state index in [-0.39, 0.29) is 0 Å². The second-order valence-electron chi connectivity index (χ2n) is 2.34. The zero-order chi connectivity index (χ0) is 7.98. The lowest BCUT2D eigenvalue weighted by atomic mass is 10.3. The number of hydrogen-bond donors (Lipinski definition) is 1. The molecular weight excluding hydrogens is 124 g/mol. The van der Waals surface area contributed by atoms with Crippen molar-refractivity contribution in [2.75, 3.05) is 0 Å². The van der Waals surface area contributed by atoms with Crippen molar-refractivity contribution < 1.29 is 5.11 Å². The topological polar surface area (TPSA) is 20.2 Å². The van der Waals surface area contributed by atoms with Gasteiger partial charge < -0.3 is 5.11 Å². The largest absolute Gasteiger partial charge is 0.508 e. The van der Waals surface area contributed by atoms with Gasteiger partial charge in [0.05, 0.1) is 0 Å². The van der Waals surface area contributed by atoms with Gasteiger partial charge in [0.15, 0.2) is 0 Å². The molecule has 0 heterocycles. The van der Waals surface area contributed by atoms with E-state index in [0.29, 0.717) is 5.76 Å². The fourth-order valence-electron chi connectivity index (χ4n) is 0.478. The molecule has 0 radical (unpaired) electrons. The molecule has 0 aromatic heterocycles. The van der Waals surface area contributed by atoms with Crippen LogP contribution in [0.15, 0.2) is 35.6 Å². The molecular formula is C9H14O. The third-order valence-corrected chi connectivity index (χ3v) is 0.925. The molecule has 0 spiro atoms. The zero-order valence-corrected chi connectivity index (χ0v) is 6.76. The molecule has 0 saturated carbocycles. The number of hydrogen-bond acceptors (Lipinski definition) is 1. The molecule has 1 nitrogen and oxygen atoms in total. The van der Waals surface area contributed by atoms with Crippen LogP contribution in [0.4, 0.5) is 0 Å². The highest BCUT2D eigenvalue weighted by Crippen LogP contribution is 1.95. The van der Waals surface area contributed by atoms with Crippen molar-refractivity contribution in [3.63, 3.8) is 0 Å². The predicted molar refractivity (Wildman–Crippen MR) is 45.0 cm³/mol. The average Bonchev–Trinajstić information content (AvgIpc) is 1.85. The number of allylic oxidation sites excluding steroid dienone is 5. The Morgan fingerprint density at radius 1 is 1.20 bits per heavy atom. The van der Waals surface area contributed by atoms with Gasteiger partial charge in [0.2, 0.25) is 0 Å². The summed E-state index contributed by atoms with van der Waals surface area (Å²) in [7, 11) is 0. The van der Waals surface area contributed by atoms with Crippen LogP contribution in [0, 0.1) is 0 Å². The third-order valence-electron chi connectivity index (χ3n) is 0.925. The fraction of sp³-hybridized carbons (Fsp3) is 0.333. The first kappa shape index (κ1) is 9.02. The molecule has 0 aliphatic rings. The van der Waals surface area contributed by atoms with Crippen LogP contribution in [0.25, 0.3) is 0 Å². The second-order valence-corrected chi connectivity index (χ2v) is 2.34. The maximum Gasteiger partial charge on any atom is 0.115 e. The van der Waals surface area contributed by atoms with E-state index in [4.69, 9.17) is 5.11 Å². The summed E-state index contributed by atoms with van der Waals surface area (Å²) in [5.41, 5.74) is 1.18. The van der Waals surface area contributed by atoms with Crippen molar-refractivity contribution in [3.8, 4) is 0 Å². The normalized spacial score (nSPS) is 12.1. The number of aliphatic hydroxyl groups is 1. The van der Waals surface area contributed by atoms with Gasteiger partial charge in [0, 0.05) is 0 Å². The molecule has 1 heteroatoms. The van der Waals surface area contributed by atoms with Gasteiger partial charge in [0.25, 0.3) is 0 Å². The van der Waals surface area contributed by atoms with E-state index in [1.807, 2.05) is 26.8 Å². The first-order valence-electron chi connectivity index (χ1n) is 3.33. The van der Waals surface area contributed by atoms with Crippen molar-refractivity contribution in [1.82, 2.24) is 0 Å². The van der Waals surface area contributed by atoms with Crippen molar-refractivity contribution in [2.24, 2.45) is 0 Å². The van der Waals surface area contributed by atoms with Crippen molar-refractivity contribution in [1.29, 1.82) is 0 Å². The highest BCUT2D eigenvalue weighted by molar-refractivity contribution is 5.18. The predicted octanol–water partition coefficient (Wildman–Crippen LogP) is 2.97. The standard InChI is InChI=1S/C9H14O/c1-4-5-9(10)7-6-8(2)3/h4-7,10H,1-3H3/b5-4-,9-7+. The minimum atomic E-state index is 0.295. The monoisotopic (exact) mass is 138 g/mol. The maximum atomic E-state index is 9.03. The minimum absolute atomic E-state index is 0.295. The van der Waals surface area contributed by atoms with Crippen LogP contribution in [-0.2, 0) is 0 Å². The molecule has 0 aliphatic carbocycles. The van der Waals surface area contributed by atoms with Gasteiger partial charge >= 0.3 is 0 Å². The van der Waals surface area contributed by atoms with E-state index >= 15 is 0 Å².